The van der Waals surface area contributed by atoms with Gasteiger partial charge in [-0.25, -0.2) is 14.0 Å². The lowest BCUT2D eigenvalue weighted by Crippen LogP contribution is -2.21. The largest absolute Gasteiger partial charge is 0.424 e. The molecule has 0 spiro atoms. The van der Waals surface area contributed by atoms with E-state index in [9.17, 15) is 14.0 Å². The number of benzene rings is 1. The number of carbonyl (C=O) groups excluding carboxylic acids is 2. The van der Waals surface area contributed by atoms with Gasteiger partial charge in [0.15, 0.2) is 11.6 Å². The zero-order valence-electron chi connectivity index (χ0n) is 15.1. The van der Waals surface area contributed by atoms with E-state index in [-0.39, 0.29) is 11.3 Å². The van der Waals surface area contributed by atoms with Crippen molar-refractivity contribution in [3.05, 3.63) is 77.9 Å². The smallest absolute Gasteiger partial charge is 0.338 e. The number of hydrogen-bond donors (Lipinski definition) is 0. The topological polar surface area (TPSA) is 52.6 Å². The van der Waals surface area contributed by atoms with Gasteiger partial charge < -0.3 is 9.47 Å². The van der Waals surface area contributed by atoms with Crippen molar-refractivity contribution in [3.63, 3.8) is 0 Å². The summed E-state index contributed by atoms with van der Waals surface area (Å²) in [7, 11) is 0. The summed E-state index contributed by atoms with van der Waals surface area (Å²) in [6, 6.07) is 4.46. The van der Waals surface area contributed by atoms with Gasteiger partial charge in [0.2, 0.25) is 0 Å². The second-order valence-corrected chi connectivity index (χ2v) is 6.55. The molecule has 0 saturated heterocycles. The number of esters is 2. The van der Waals surface area contributed by atoms with Crippen molar-refractivity contribution in [2.24, 2.45) is 0 Å². The van der Waals surface area contributed by atoms with Crippen LogP contribution >= 0.6 is 0 Å². The zero-order chi connectivity index (χ0) is 19.5. The molecule has 0 saturated carbocycles. The van der Waals surface area contributed by atoms with Crippen LogP contribution in [0, 0.1) is 5.82 Å². The number of halogens is 1. The minimum atomic E-state index is -0.674. The molecule has 2 rings (SSSR count). The Kier molecular flexibility index (Phi) is 5.60. The van der Waals surface area contributed by atoms with Crippen LogP contribution in [0.15, 0.2) is 66.5 Å². The predicted octanol–water partition coefficient (Wildman–Crippen LogP) is 4.53. The Labute approximate surface area is 152 Å². The fraction of sp³-hybridized carbons (Fsp3) is 0.238. The third kappa shape index (κ3) is 4.36. The van der Waals surface area contributed by atoms with Crippen LogP contribution in [0.1, 0.15) is 32.8 Å². The molecule has 5 heteroatoms. The highest BCUT2D eigenvalue weighted by atomic mass is 19.1. The van der Waals surface area contributed by atoms with Crippen LogP contribution in [0.3, 0.4) is 0 Å². The molecule has 0 fully saturated rings. The summed E-state index contributed by atoms with van der Waals surface area (Å²) in [5.41, 5.74) is 0.742. The van der Waals surface area contributed by atoms with Crippen LogP contribution in [-0.4, -0.2) is 11.9 Å². The van der Waals surface area contributed by atoms with Gasteiger partial charge in [0, 0.05) is 16.6 Å². The van der Waals surface area contributed by atoms with Gasteiger partial charge in [-0.2, -0.15) is 0 Å². The number of hydrogen-bond acceptors (Lipinski definition) is 4. The Morgan fingerprint density at radius 1 is 1.12 bits per heavy atom. The van der Waals surface area contributed by atoms with Gasteiger partial charge in [0.25, 0.3) is 0 Å². The molecule has 0 heterocycles. The van der Waals surface area contributed by atoms with E-state index in [0.717, 1.165) is 0 Å². The number of carbonyl (C=O) groups is 2. The maximum Gasteiger partial charge on any atom is 0.338 e. The van der Waals surface area contributed by atoms with E-state index in [0.29, 0.717) is 23.3 Å². The van der Waals surface area contributed by atoms with Crippen LogP contribution in [0.4, 0.5) is 4.39 Å². The predicted molar refractivity (Wildman–Crippen MR) is 96.9 cm³/mol. The highest BCUT2D eigenvalue weighted by Gasteiger charge is 2.27. The molecule has 1 aliphatic carbocycles. The standard InChI is InChI=1S/C21H21FO4/c1-13(2)19(23)25-16-8-10-21(5,11-9-16)15-6-7-18(17(22)12-15)26-20(24)14(3)4/h6-10,12H,1,3,11H2,2,4-5H3. The summed E-state index contributed by atoms with van der Waals surface area (Å²) in [6.07, 6.45) is 5.82. The van der Waals surface area contributed by atoms with E-state index in [1.165, 1.54) is 19.1 Å². The minimum absolute atomic E-state index is 0.142. The normalized spacial score (nSPS) is 18.7. The Hall–Kier alpha value is -2.95. The van der Waals surface area contributed by atoms with E-state index in [1.54, 1.807) is 25.1 Å². The van der Waals surface area contributed by atoms with Gasteiger partial charge in [0.1, 0.15) is 5.76 Å². The lowest BCUT2D eigenvalue weighted by atomic mass is 9.77. The van der Waals surface area contributed by atoms with Gasteiger partial charge >= 0.3 is 11.9 Å². The van der Waals surface area contributed by atoms with Crippen LogP contribution in [0.2, 0.25) is 0 Å². The molecule has 26 heavy (non-hydrogen) atoms. The molecule has 1 unspecified atom stereocenters. The molecule has 0 aliphatic heterocycles. The van der Waals surface area contributed by atoms with Crippen LogP contribution in [0.5, 0.6) is 5.75 Å². The number of ether oxygens (including phenoxy) is 2. The van der Waals surface area contributed by atoms with E-state index in [4.69, 9.17) is 9.47 Å². The lowest BCUT2D eigenvalue weighted by Gasteiger charge is -2.28. The first-order valence-corrected chi connectivity index (χ1v) is 8.07. The molecular weight excluding hydrogens is 335 g/mol. The summed E-state index contributed by atoms with van der Waals surface area (Å²) in [6.45, 7) is 12.0. The summed E-state index contributed by atoms with van der Waals surface area (Å²) in [4.78, 5) is 23.1. The highest BCUT2D eigenvalue weighted by molar-refractivity contribution is 5.89. The monoisotopic (exact) mass is 356 g/mol. The van der Waals surface area contributed by atoms with Crippen molar-refractivity contribution >= 4 is 11.9 Å². The fourth-order valence-corrected chi connectivity index (χ4v) is 2.32. The molecule has 0 amide bonds. The third-order valence-corrected chi connectivity index (χ3v) is 4.04. The Morgan fingerprint density at radius 3 is 2.23 bits per heavy atom. The first-order chi connectivity index (χ1) is 12.1. The Bertz CT molecular complexity index is 848. The molecule has 1 aromatic rings. The van der Waals surface area contributed by atoms with Crippen molar-refractivity contribution in [3.8, 4) is 5.75 Å². The van der Waals surface area contributed by atoms with Crippen molar-refractivity contribution in [2.75, 3.05) is 0 Å². The zero-order valence-corrected chi connectivity index (χ0v) is 15.1. The van der Waals surface area contributed by atoms with Gasteiger partial charge in [0.05, 0.1) is 0 Å². The average molecular weight is 356 g/mol. The Balaban J connectivity index is 2.15. The van der Waals surface area contributed by atoms with E-state index < -0.39 is 23.2 Å². The quantitative estimate of drug-likeness (QED) is 0.442. The molecule has 0 aromatic heterocycles. The number of allylic oxidation sites excluding steroid dienone is 3. The van der Waals surface area contributed by atoms with Gasteiger partial charge in [-0.15, -0.1) is 0 Å². The van der Waals surface area contributed by atoms with Crippen molar-refractivity contribution < 1.29 is 23.5 Å². The molecule has 1 aromatic carbocycles. The second-order valence-electron chi connectivity index (χ2n) is 6.55. The van der Waals surface area contributed by atoms with Crippen molar-refractivity contribution in [2.45, 2.75) is 32.6 Å². The van der Waals surface area contributed by atoms with E-state index >= 15 is 0 Å². The van der Waals surface area contributed by atoms with Crippen LogP contribution in [-0.2, 0) is 19.7 Å². The van der Waals surface area contributed by atoms with Crippen molar-refractivity contribution in [1.29, 1.82) is 0 Å². The fourth-order valence-electron chi connectivity index (χ4n) is 2.32. The molecule has 0 radical (unpaired) electrons. The van der Waals surface area contributed by atoms with E-state index in [2.05, 4.69) is 13.2 Å². The summed E-state index contributed by atoms with van der Waals surface area (Å²) >= 11 is 0. The first-order valence-electron chi connectivity index (χ1n) is 8.07. The maximum absolute atomic E-state index is 14.3. The summed E-state index contributed by atoms with van der Waals surface area (Å²) < 4.78 is 24.5. The van der Waals surface area contributed by atoms with Gasteiger partial charge in [-0.05, 0) is 50.1 Å². The molecule has 1 atom stereocenters. The molecule has 0 N–H and O–H groups in total. The SMILES string of the molecule is C=C(C)C(=O)OC1=CCC(C)(c2ccc(OC(=O)C(=C)C)c(F)c2)C=C1. The van der Waals surface area contributed by atoms with Gasteiger partial charge in [-0.3, -0.25) is 0 Å². The highest BCUT2D eigenvalue weighted by Crippen LogP contribution is 2.35. The van der Waals surface area contributed by atoms with Gasteiger partial charge in [-0.1, -0.05) is 32.2 Å². The second kappa shape index (κ2) is 7.52. The molecule has 4 nitrogen and oxygen atoms in total. The molecule has 1 aliphatic rings. The summed E-state index contributed by atoms with van der Waals surface area (Å²) in [5.74, 6) is -1.50. The maximum atomic E-state index is 14.3. The van der Waals surface area contributed by atoms with Crippen molar-refractivity contribution in [1.82, 2.24) is 0 Å². The van der Waals surface area contributed by atoms with Crippen LogP contribution in [0.25, 0.3) is 0 Å². The van der Waals surface area contributed by atoms with Crippen LogP contribution < -0.4 is 4.74 Å². The number of rotatable bonds is 5. The average Bonchev–Trinajstić information content (AvgIpc) is 2.58. The molecule has 136 valence electrons. The molecule has 0 bridgehead atoms. The first kappa shape index (κ1) is 19.4. The minimum Gasteiger partial charge on any atom is -0.424 e. The summed E-state index contributed by atoms with van der Waals surface area (Å²) in [5, 5.41) is 0. The lowest BCUT2D eigenvalue weighted by molar-refractivity contribution is -0.134. The Morgan fingerprint density at radius 2 is 1.73 bits per heavy atom. The third-order valence-electron chi connectivity index (χ3n) is 4.04. The van der Waals surface area contributed by atoms with E-state index in [1.807, 2.05) is 13.0 Å². The molecular formula is C21H21FO4.